The van der Waals surface area contributed by atoms with E-state index < -0.39 is 97.5 Å². The zero-order valence-electron chi connectivity index (χ0n) is 57.9. The van der Waals surface area contributed by atoms with Crippen LogP contribution in [0.4, 0.5) is 0 Å². The minimum absolute atomic E-state index is 0.102. The first-order chi connectivity index (χ1) is 42.7. The molecule has 0 radical (unpaired) electrons. The van der Waals surface area contributed by atoms with Crippen LogP contribution in [0.15, 0.2) is 0 Å². The SMILES string of the molecule is CCCCCCCCCCCC(=O)OC[C@H](COP(=O)(O)OC[C@H](O)COP(=O)(O)OC[C@@H](COC(=O)CCCCCCCCCCCC(C)C)OC(=O)CCCCCCCCCCCCCCCCCCC(C)C)OC(=O)CCCCCCCCC(C)C. The lowest BCUT2D eigenvalue weighted by molar-refractivity contribution is -0.161. The molecule has 0 aliphatic rings. The quantitative estimate of drug-likeness (QED) is 0.0222. The first-order valence-electron chi connectivity index (χ1n) is 36.3. The number of hydrogen-bond acceptors (Lipinski definition) is 15. The van der Waals surface area contributed by atoms with E-state index in [4.69, 9.17) is 37.0 Å². The average Bonchev–Trinajstić information content (AvgIpc) is 3.68. The summed E-state index contributed by atoms with van der Waals surface area (Å²) in [5.41, 5.74) is 0. The minimum atomic E-state index is -4.95. The minimum Gasteiger partial charge on any atom is -0.462 e. The molecule has 17 nitrogen and oxygen atoms in total. The van der Waals surface area contributed by atoms with Crippen LogP contribution in [0.1, 0.15) is 350 Å². The van der Waals surface area contributed by atoms with Crippen LogP contribution in [0.2, 0.25) is 0 Å². The lowest BCUT2D eigenvalue weighted by atomic mass is 10.0. The van der Waals surface area contributed by atoms with E-state index in [1.165, 1.54) is 161 Å². The molecule has 3 N–H and O–H groups in total. The summed E-state index contributed by atoms with van der Waals surface area (Å²) < 4.78 is 68.2. The molecular weight excluding hydrogens is 1170 g/mol. The summed E-state index contributed by atoms with van der Waals surface area (Å²) in [4.78, 5) is 72.4. The first-order valence-corrected chi connectivity index (χ1v) is 39.3. The van der Waals surface area contributed by atoms with Crippen LogP contribution in [0, 0.1) is 17.8 Å². The molecule has 0 aromatic carbocycles. The van der Waals surface area contributed by atoms with Crippen molar-refractivity contribution in [2.24, 2.45) is 17.8 Å². The Kier molecular flexibility index (Phi) is 59.6. The van der Waals surface area contributed by atoms with Crippen molar-refractivity contribution in [1.82, 2.24) is 0 Å². The van der Waals surface area contributed by atoms with Crippen molar-refractivity contribution < 1.29 is 80.2 Å². The van der Waals surface area contributed by atoms with Crippen LogP contribution in [0.5, 0.6) is 0 Å². The number of phosphoric acid groups is 2. The lowest BCUT2D eigenvalue weighted by Gasteiger charge is -2.21. The van der Waals surface area contributed by atoms with Crippen molar-refractivity contribution in [3.63, 3.8) is 0 Å². The molecule has 0 amide bonds. The van der Waals surface area contributed by atoms with Crippen molar-refractivity contribution in [3.8, 4) is 0 Å². The Balaban J connectivity index is 5.19. The van der Waals surface area contributed by atoms with Crippen LogP contribution < -0.4 is 0 Å². The van der Waals surface area contributed by atoms with Gasteiger partial charge in [-0.15, -0.1) is 0 Å². The lowest BCUT2D eigenvalue weighted by Crippen LogP contribution is -2.30. The van der Waals surface area contributed by atoms with Crippen molar-refractivity contribution in [2.45, 2.75) is 369 Å². The second kappa shape index (κ2) is 61.0. The number of phosphoric ester groups is 2. The van der Waals surface area contributed by atoms with Crippen molar-refractivity contribution in [3.05, 3.63) is 0 Å². The Morgan fingerprint density at radius 1 is 0.303 bits per heavy atom. The zero-order chi connectivity index (χ0) is 65.9. The Labute approximate surface area is 543 Å². The summed E-state index contributed by atoms with van der Waals surface area (Å²) in [6.45, 7) is 11.7. The number of ether oxygens (including phenoxy) is 4. The molecule has 0 saturated carbocycles. The van der Waals surface area contributed by atoms with E-state index >= 15 is 0 Å². The van der Waals surface area contributed by atoms with Gasteiger partial charge in [0, 0.05) is 25.7 Å². The van der Waals surface area contributed by atoms with Crippen molar-refractivity contribution in [2.75, 3.05) is 39.6 Å². The fourth-order valence-corrected chi connectivity index (χ4v) is 12.1. The predicted octanol–water partition coefficient (Wildman–Crippen LogP) is 19.8. The van der Waals surface area contributed by atoms with E-state index in [0.29, 0.717) is 31.6 Å². The largest absolute Gasteiger partial charge is 0.472 e. The fraction of sp³-hybridized carbons (Fsp3) is 0.943. The standard InChI is InChI=1S/C70H136O17P2/c1-8-9-10-11-12-22-29-37-44-51-67(72)80-58-66(87-70(75)54-47-40-33-32-36-43-50-63(6)7)60-85-89(78,79)83-56-64(71)55-82-88(76,77)84-59-65(57-81-68(73)52-45-38-30-26-21-24-28-35-42-49-62(4)5)86-69(74)53-46-39-31-25-20-18-16-14-13-15-17-19-23-27-34-41-48-61(2)3/h61-66,71H,8-60H2,1-7H3,(H,76,77)(H,78,79)/t64-,65-,66-/m1/s1. The number of esters is 4. The van der Waals surface area contributed by atoms with Crippen LogP contribution in [0.25, 0.3) is 0 Å². The third-order valence-electron chi connectivity index (χ3n) is 16.1. The topological polar surface area (TPSA) is 237 Å². The molecule has 0 aliphatic carbocycles. The van der Waals surface area contributed by atoms with E-state index in [-0.39, 0.29) is 25.7 Å². The maximum atomic E-state index is 13.0. The van der Waals surface area contributed by atoms with E-state index in [9.17, 15) is 43.2 Å². The summed E-state index contributed by atoms with van der Waals surface area (Å²) >= 11 is 0. The van der Waals surface area contributed by atoms with E-state index in [1.54, 1.807) is 0 Å². The monoisotopic (exact) mass is 1310 g/mol. The molecule has 0 fully saturated rings. The van der Waals surface area contributed by atoms with E-state index in [1.807, 2.05) is 0 Å². The van der Waals surface area contributed by atoms with Gasteiger partial charge in [0.1, 0.15) is 19.3 Å². The van der Waals surface area contributed by atoms with Crippen LogP contribution >= 0.6 is 15.6 Å². The van der Waals surface area contributed by atoms with Gasteiger partial charge in [-0.25, -0.2) is 9.13 Å². The molecule has 0 heterocycles. The molecule has 89 heavy (non-hydrogen) atoms. The number of aliphatic hydroxyl groups excluding tert-OH is 1. The predicted molar refractivity (Wildman–Crippen MR) is 358 cm³/mol. The van der Waals surface area contributed by atoms with Crippen molar-refractivity contribution in [1.29, 1.82) is 0 Å². The molecule has 2 unspecified atom stereocenters. The molecule has 0 aliphatic heterocycles. The fourth-order valence-electron chi connectivity index (χ4n) is 10.5. The van der Waals surface area contributed by atoms with Gasteiger partial charge < -0.3 is 33.8 Å². The number of rotatable bonds is 68. The van der Waals surface area contributed by atoms with Gasteiger partial charge in [0.2, 0.25) is 0 Å². The number of hydrogen-bond donors (Lipinski definition) is 3. The number of carbonyl (C=O) groups excluding carboxylic acids is 4. The molecule has 0 bridgehead atoms. The summed E-state index contributed by atoms with van der Waals surface area (Å²) in [6.07, 6.45) is 44.7. The maximum Gasteiger partial charge on any atom is 0.472 e. The molecule has 0 spiro atoms. The van der Waals surface area contributed by atoms with Gasteiger partial charge in [-0.05, 0) is 43.4 Å². The molecule has 0 aromatic heterocycles. The summed E-state index contributed by atoms with van der Waals surface area (Å²) in [5, 5.41) is 10.6. The van der Waals surface area contributed by atoms with E-state index in [2.05, 4.69) is 48.5 Å². The smallest absolute Gasteiger partial charge is 0.462 e. The van der Waals surface area contributed by atoms with Crippen LogP contribution in [0.3, 0.4) is 0 Å². The van der Waals surface area contributed by atoms with Gasteiger partial charge in [0.05, 0.1) is 26.4 Å². The molecule has 19 heteroatoms. The number of aliphatic hydroxyl groups is 1. The van der Waals surface area contributed by atoms with Gasteiger partial charge in [0.25, 0.3) is 0 Å². The average molecular weight is 1310 g/mol. The summed E-state index contributed by atoms with van der Waals surface area (Å²) in [6, 6.07) is 0. The van der Waals surface area contributed by atoms with Gasteiger partial charge in [-0.1, -0.05) is 299 Å². The molecule has 0 rings (SSSR count). The van der Waals surface area contributed by atoms with Gasteiger partial charge >= 0.3 is 39.5 Å². The molecule has 0 saturated heterocycles. The highest BCUT2D eigenvalue weighted by Gasteiger charge is 2.30. The second-order valence-electron chi connectivity index (χ2n) is 26.7. The van der Waals surface area contributed by atoms with Crippen molar-refractivity contribution >= 4 is 39.5 Å². The van der Waals surface area contributed by atoms with Gasteiger partial charge in [-0.2, -0.15) is 0 Å². The molecular formula is C70H136O17P2. The second-order valence-corrected chi connectivity index (χ2v) is 29.6. The Hall–Kier alpha value is -1.94. The Morgan fingerprint density at radius 3 is 0.764 bits per heavy atom. The Bertz CT molecular complexity index is 1750. The third kappa shape index (κ3) is 64.6. The number of carbonyl (C=O) groups is 4. The normalized spacial score (nSPS) is 14.2. The summed E-state index contributed by atoms with van der Waals surface area (Å²) in [7, 11) is -9.90. The molecule has 5 atom stereocenters. The molecule has 0 aromatic rings. The maximum absolute atomic E-state index is 13.0. The zero-order valence-corrected chi connectivity index (χ0v) is 59.7. The van der Waals surface area contributed by atoms with Crippen LogP contribution in [-0.2, 0) is 65.4 Å². The highest BCUT2D eigenvalue weighted by molar-refractivity contribution is 7.47. The highest BCUT2D eigenvalue weighted by atomic mass is 31.2. The summed E-state index contributed by atoms with van der Waals surface area (Å²) in [5.74, 6) is 0.0903. The van der Waals surface area contributed by atoms with E-state index in [0.717, 1.165) is 102 Å². The first kappa shape index (κ1) is 87.1. The third-order valence-corrected chi connectivity index (χ3v) is 18.0. The highest BCUT2D eigenvalue weighted by Crippen LogP contribution is 2.45. The Morgan fingerprint density at radius 2 is 0.517 bits per heavy atom. The molecule has 528 valence electrons. The van der Waals surface area contributed by atoms with Gasteiger partial charge in [-0.3, -0.25) is 37.3 Å². The van der Waals surface area contributed by atoms with Gasteiger partial charge in [0.15, 0.2) is 12.2 Å². The van der Waals surface area contributed by atoms with Crippen LogP contribution in [-0.4, -0.2) is 96.7 Å². The number of unbranched alkanes of at least 4 members (excludes halogenated alkanes) is 36.